The van der Waals surface area contributed by atoms with E-state index in [0.29, 0.717) is 5.56 Å². The average molecular weight is 319 g/mol. The first kappa shape index (κ1) is 14.2. The van der Waals surface area contributed by atoms with Crippen LogP contribution in [0.3, 0.4) is 0 Å². The van der Waals surface area contributed by atoms with Gasteiger partial charge in [0.1, 0.15) is 0 Å². The van der Waals surface area contributed by atoms with E-state index in [1.54, 1.807) is 11.3 Å². The Balaban J connectivity index is 1.71. The van der Waals surface area contributed by atoms with Crippen LogP contribution in [0.1, 0.15) is 26.4 Å². The summed E-state index contributed by atoms with van der Waals surface area (Å²) in [7, 11) is 0. The molecule has 0 bridgehead atoms. The molecule has 0 fully saturated rings. The first-order chi connectivity index (χ1) is 11.2. The van der Waals surface area contributed by atoms with Gasteiger partial charge >= 0.3 is 0 Å². The van der Waals surface area contributed by atoms with Gasteiger partial charge in [0, 0.05) is 16.0 Å². The lowest BCUT2D eigenvalue weighted by molar-refractivity contribution is 0.102. The van der Waals surface area contributed by atoms with E-state index in [0.717, 1.165) is 17.8 Å². The number of anilines is 1. The zero-order valence-electron chi connectivity index (χ0n) is 12.9. The van der Waals surface area contributed by atoms with Crippen molar-refractivity contribution in [1.29, 1.82) is 0 Å². The number of hydrogen-bond acceptors (Lipinski definition) is 2. The quantitative estimate of drug-likeness (QED) is 0.701. The number of carbonyl (C=O) groups is 1. The minimum atomic E-state index is -0.0411. The molecule has 0 atom stereocenters. The zero-order chi connectivity index (χ0) is 15.8. The molecule has 0 radical (unpaired) electrons. The van der Waals surface area contributed by atoms with Crippen LogP contribution >= 0.6 is 11.3 Å². The van der Waals surface area contributed by atoms with Gasteiger partial charge in [-0.1, -0.05) is 42.5 Å². The van der Waals surface area contributed by atoms with Crippen LogP contribution in [-0.4, -0.2) is 5.91 Å². The normalized spacial score (nSPS) is 12.4. The van der Waals surface area contributed by atoms with Crippen molar-refractivity contribution in [2.45, 2.75) is 19.8 Å². The largest absolute Gasteiger partial charge is 0.313 e. The van der Waals surface area contributed by atoms with Gasteiger partial charge in [0.15, 0.2) is 0 Å². The van der Waals surface area contributed by atoms with E-state index in [1.807, 2.05) is 30.3 Å². The maximum Gasteiger partial charge on any atom is 0.256 e. The van der Waals surface area contributed by atoms with Gasteiger partial charge < -0.3 is 5.32 Å². The van der Waals surface area contributed by atoms with Crippen LogP contribution in [0.25, 0.3) is 11.1 Å². The third-order valence-corrected chi connectivity index (χ3v) is 5.66. The highest BCUT2D eigenvalue weighted by Crippen LogP contribution is 2.44. The predicted molar refractivity (Wildman–Crippen MR) is 96.3 cm³/mol. The molecule has 1 aliphatic rings. The molecular weight excluding hydrogens is 302 g/mol. The molecule has 3 aromatic rings. The van der Waals surface area contributed by atoms with Crippen molar-refractivity contribution in [3.63, 3.8) is 0 Å². The monoisotopic (exact) mass is 319 g/mol. The maximum absolute atomic E-state index is 12.4. The summed E-state index contributed by atoms with van der Waals surface area (Å²) in [5, 5.41) is 4.07. The molecule has 2 nitrogen and oxygen atoms in total. The first-order valence-corrected chi connectivity index (χ1v) is 8.62. The van der Waals surface area contributed by atoms with Crippen molar-refractivity contribution < 1.29 is 4.79 Å². The molecule has 0 aliphatic heterocycles. The van der Waals surface area contributed by atoms with Gasteiger partial charge in [-0.25, -0.2) is 0 Å². The standard InChI is InChI=1S/C20H17NOS/c1-13-18-16-10-6-5-7-14(16)11-12-17(18)23-20(13)21-19(22)15-8-3-2-4-9-15/h2-10H,11-12H2,1H3,(H,21,22). The fourth-order valence-corrected chi connectivity index (χ4v) is 4.43. The third kappa shape index (κ3) is 2.47. The summed E-state index contributed by atoms with van der Waals surface area (Å²) in [6.07, 6.45) is 2.13. The molecule has 0 saturated heterocycles. The van der Waals surface area contributed by atoms with E-state index >= 15 is 0 Å². The lowest BCUT2D eigenvalue weighted by atomic mass is 9.88. The van der Waals surface area contributed by atoms with Crippen molar-refractivity contribution in [2.75, 3.05) is 5.32 Å². The second-order valence-corrected chi connectivity index (χ2v) is 6.94. The minimum absolute atomic E-state index is 0.0411. The third-order valence-electron chi connectivity index (χ3n) is 4.39. The van der Waals surface area contributed by atoms with E-state index in [1.165, 1.54) is 27.1 Å². The van der Waals surface area contributed by atoms with E-state index in [-0.39, 0.29) is 5.91 Å². The van der Waals surface area contributed by atoms with Gasteiger partial charge in [-0.05, 0) is 48.6 Å². The van der Waals surface area contributed by atoms with Crippen molar-refractivity contribution in [3.05, 3.63) is 76.2 Å². The molecule has 0 saturated carbocycles. The van der Waals surface area contributed by atoms with Gasteiger partial charge in [0.25, 0.3) is 5.91 Å². The summed E-state index contributed by atoms with van der Waals surface area (Å²) >= 11 is 1.72. The van der Waals surface area contributed by atoms with Crippen LogP contribution in [0.2, 0.25) is 0 Å². The van der Waals surface area contributed by atoms with Gasteiger partial charge in [-0.15, -0.1) is 11.3 Å². The summed E-state index contributed by atoms with van der Waals surface area (Å²) in [6, 6.07) is 18.0. The highest BCUT2D eigenvalue weighted by molar-refractivity contribution is 7.17. The molecule has 114 valence electrons. The van der Waals surface area contributed by atoms with Crippen LogP contribution < -0.4 is 5.32 Å². The van der Waals surface area contributed by atoms with Crippen LogP contribution in [-0.2, 0) is 12.8 Å². The highest BCUT2D eigenvalue weighted by Gasteiger charge is 2.23. The summed E-state index contributed by atoms with van der Waals surface area (Å²) in [5.41, 5.74) is 5.92. The molecule has 0 spiro atoms. The Morgan fingerprint density at radius 3 is 2.57 bits per heavy atom. The Labute approximate surface area is 139 Å². The summed E-state index contributed by atoms with van der Waals surface area (Å²) in [5.74, 6) is -0.0411. The van der Waals surface area contributed by atoms with E-state index in [2.05, 4.69) is 36.5 Å². The van der Waals surface area contributed by atoms with Gasteiger partial charge in [-0.2, -0.15) is 0 Å². The van der Waals surface area contributed by atoms with Gasteiger partial charge in [-0.3, -0.25) is 4.79 Å². The maximum atomic E-state index is 12.4. The molecule has 2 aromatic carbocycles. The molecule has 3 heteroatoms. The molecule has 0 unspecified atom stereocenters. The van der Waals surface area contributed by atoms with Crippen LogP contribution in [0, 0.1) is 6.92 Å². The summed E-state index contributed by atoms with van der Waals surface area (Å²) in [4.78, 5) is 13.8. The fraction of sp³-hybridized carbons (Fsp3) is 0.150. The topological polar surface area (TPSA) is 29.1 Å². The SMILES string of the molecule is Cc1c(NC(=O)c2ccccc2)sc2c1-c1ccccc1CC2. The van der Waals surface area contributed by atoms with Crippen molar-refractivity contribution >= 4 is 22.2 Å². The first-order valence-electron chi connectivity index (χ1n) is 7.81. The number of thiophene rings is 1. The Hall–Kier alpha value is -2.39. The molecule has 1 aliphatic carbocycles. The number of rotatable bonds is 2. The second kappa shape index (κ2) is 5.67. The number of benzene rings is 2. The molecule has 23 heavy (non-hydrogen) atoms. The molecule has 4 rings (SSSR count). The molecule has 1 N–H and O–H groups in total. The second-order valence-electron chi connectivity index (χ2n) is 5.83. The number of aryl methyl sites for hydroxylation is 2. The van der Waals surface area contributed by atoms with E-state index in [9.17, 15) is 4.79 Å². The summed E-state index contributed by atoms with van der Waals surface area (Å²) in [6.45, 7) is 2.11. The van der Waals surface area contributed by atoms with E-state index in [4.69, 9.17) is 0 Å². The van der Waals surface area contributed by atoms with Crippen LogP contribution in [0.4, 0.5) is 5.00 Å². The number of fused-ring (bicyclic) bond motifs is 3. The molecule has 1 amide bonds. The Morgan fingerprint density at radius 1 is 1.00 bits per heavy atom. The Kier molecular flexibility index (Phi) is 3.50. The van der Waals surface area contributed by atoms with Crippen molar-refractivity contribution in [3.8, 4) is 11.1 Å². The lowest BCUT2D eigenvalue weighted by Crippen LogP contribution is -2.11. The Bertz CT molecular complexity index is 880. The highest BCUT2D eigenvalue weighted by atomic mass is 32.1. The lowest BCUT2D eigenvalue weighted by Gasteiger charge is -2.16. The molecule has 1 aromatic heterocycles. The Morgan fingerprint density at radius 2 is 1.74 bits per heavy atom. The summed E-state index contributed by atoms with van der Waals surface area (Å²) < 4.78 is 0. The fourth-order valence-electron chi connectivity index (χ4n) is 3.22. The number of carbonyl (C=O) groups excluding carboxylic acids is 1. The van der Waals surface area contributed by atoms with Gasteiger partial charge in [0.05, 0.1) is 5.00 Å². The van der Waals surface area contributed by atoms with Gasteiger partial charge in [0.2, 0.25) is 0 Å². The van der Waals surface area contributed by atoms with Crippen molar-refractivity contribution in [1.82, 2.24) is 0 Å². The molecular formula is C20H17NOS. The average Bonchev–Trinajstić information content (AvgIpc) is 2.92. The predicted octanol–water partition coefficient (Wildman–Crippen LogP) is 5.07. The minimum Gasteiger partial charge on any atom is -0.313 e. The number of hydrogen-bond donors (Lipinski definition) is 1. The van der Waals surface area contributed by atoms with E-state index < -0.39 is 0 Å². The number of amides is 1. The van der Waals surface area contributed by atoms with Crippen LogP contribution in [0.15, 0.2) is 54.6 Å². The number of nitrogens with one attached hydrogen (secondary N) is 1. The smallest absolute Gasteiger partial charge is 0.256 e. The van der Waals surface area contributed by atoms with Crippen LogP contribution in [0.5, 0.6) is 0 Å². The molecule has 1 heterocycles. The van der Waals surface area contributed by atoms with Crippen molar-refractivity contribution in [2.24, 2.45) is 0 Å². The zero-order valence-corrected chi connectivity index (χ0v) is 13.7.